The normalized spacial score (nSPS) is 27.8. The minimum Gasteiger partial charge on any atom is -0.543 e. The lowest BCUT2D eigenvalue weighted by atomic mass is 9.79. The fourth-order valence-electron chi connectivity index (χ4n) is 5.64. The maximum Gasteiger partial charge on any atom is 0.273 e. The predicted octanol–water partition coefficient (Wildman–Crippen LogP) is -1.85. The number of nitrogens with one attached hydrogen (secondary N) is 1. The number of hydrogen-bond acceptors (Lipinski definition) is 5. The molecular weight excluding hydrogens is 424 g/mol. The Morgan fingerprint density at radius 3 is 2.70 bits per heavy atom. The number of quaternary nitrogens is 1. The van der Waals surface area contributed by atoms with Gasteiger partial charge in [0.1, 0.15) is 17.9 Å². The summed E-state index contributed by atoms with van der Waals surface area (Å²) in [7, 11) is 0. The van der Waals surface area contributed by atoms with Crippen LogP contribution in [-0.2, 0) is 25.6 Å². The molecule has 0 saturated carbocycles. The number of rotatable bonds is 5. The average Bonchev–Trinajstić information content (AvgIpc) is 3.13. The van der Waals surface area contributed by atoms with Crippen LogP contribution in [0.3, 0.4) is 0 Å². The topological polar surface area (TPSA) is 128 Å². The lowest BCUT2D eigenvalue weighted by Crippen LogP contribution is -3.04. The summed E-state index contributed by atoms with van der Waals surface area (Å²) in [6.45, 7) is 1.96. The molecule has 4 heterocycles. The molecule has 170 valence electrons. The number of likely N-dealkylation sites (tertiary alicyclic amines) is 1. The van der Waals surface area contributed by atoms with Crippen LogP contribution in [0.15, 0.2) is 59.5 Å². The van der Waals surface area contributed by atoms with Gasteiger partial charge < -0.3 is 25.4 Å². The van der Waals surface area contributed by atoms with Crippen molar-refractivity contribution >= 4 is 29.4 Å². The van der Waals surface area contributed by atoms with Crippen LogP contribution < -0.4 is 15.7 Å². The number of fused-ring (bicyclic) bond motifs is 1. The number of allylic oxidation sites excluding steroid dienone is 4. The van der Waals surface area contributed by atoms with Gasteiger partial charge in [0.25, 0.3) is 11.8 Å². The number of nitrogens with zero attached hydrogens (tertiary/aromatic N) is 2. The molecule has 0 bridgehead atoms. The van der Waals surface area contributed by atoms with Gasteiger partial charge in [0.2, 0.25) is 5.91 Å². The Labute approximate surface area is 190 Å². The van der Waals surface area contributed by atoms with Gasteiger partial charge in [-0.15, -0.1) is 0 Å². The number of β-lactam (4-membered cyclic amide) rings is 1. The number of carbonyl (C=O) groups excluding carboxylic acids is 4. The fraction of sp³-hybridized carbons (Fsp3) is 0.333. The predicted molar refractivity (Wildman–Crippen MR) is 114 cm³/mol. The molecule has 1 aromatic carbocycles. The minimum absolute atomic E-state index is 0.0163. The first-order chi connectivity index (χ1) is 15.8. The van der Waals surface area contributed by atoms with Crippen LogP contribution in [0.4, 0.5) is 5.69 Å². The molecule has 4 aliphatic rings. The van der Waals surface area contributed by atoms with Crippen molar-refractivity contribution in [3.8, 4) is 0 Å². The summed E-state index contributed by atoms with van der Waals surface area (Å²) in [5.41, 5.74) is 8.77. The Morgan fingerprint density at radius 2 is 2.00 bits per heavy atom. The van der Waals surface area contributed by atoms with Crippen molar-refractivity contribution in [3.63, 3.8) is 0 Å². The first kappa shape index (κ1) is 21.1. The van der Waals surface area contributed by atoms with Gasteiger partial charge in [-0.25, -0.2) is 0 Å². The van der Waals surface area contributed by atoms with Crippen LogP contribution in [0.2, 0.25) is 0 Å². The van der Waals surface area contributed by atoms with E-state index in [-0.39, 0.29) is 36.0 Å². The Hall–Kier alpha value is -3.72. The summed E-state index contributed by atoms with van der Waals surface area (Å²) < 4.78 is 0. The molecule has 4 atom stereocenters. The summed E-state index contributed by atoms with van der Waals surface area (Å²) in [6, 6.07) is 6.90. The largest absolute Gasteiger partial charge is 0.543 e. The summed E-state index contributed by atoms with van der Waals surface area (Å²) >= 11 is 0. The van der Waals surface area contributed by atoms with Gasteiger partial charge in [-0.3, -0.25) is 19.3 Å². The molecular formula is C24H24N4O5. The quantitative estimate of drug-likeness (QED) is 0.511. The summed E-state index contributed by atoms with van der Waals surface area (Å²) in [5.74, 6) is -2.39. The zero-order valence-corrected chi connectivity index (χ0v) is 18.1. The zero-order valence-electron chi connectivity index (χ0n) is 18.1. The van der Waals surface area contributed by atoms with Gasteiger partial charge in [0, 0.05) is 36.9 Å². The van der Waals surface area contributed by atoms with Crippen LogP contribution in [0.1, 0.15) is 18.9 Å². The van der Waals surface area contributed by atoms with Gasteiger partial charge in [0.15, 0.2) is 6.54 Å². The number of hydrogen-bond donors (Lipinski definition) is 2. The molecule has 9 heteroatoms. The number of amides is 3. The van der Waals surface area contributed by atoms with E-state index in [0.29, 0.717) is 25.0 Å². The Balaban J connectivity index is 1.46. The zero-order chi connectivity index (χ0) is 23.4. The molecule has 5 rings (SSSR count). The van der Waals surface area contributed by atoms with Crippen molar-refractivity contribution < 1.29 is 29.2 Å². The van der Waals surface area contributed by atoms with Gasteiger partial charge in [-0.1, -0.05) is 30.4 Å². The molecule has 4 aliphatic heterocycles. The number of carboxylic acids is 1. The van der Waals surface area contributed by atoms with E-state index < -0.39 is 17.9 Å². The van der Waals surface area contributed by atoms with E-state index in [1.807, 2.05) is 36.5 Å². The number of primary amides is 1. The van der Waals surface area contributed by atoms with Crippen molar-refractivity contribution in [1.82, 2.24) is 9.80 Å². The van der Waals surface area contributed by atoms with Crippen LogP contribution >= 0.6 is 0 Å². The molecule has 3 N–H and O–H groups in total. The first-order valence-corrected chi connectivity index (χ1v) is 10.9. The van der Waals surface area contributed by atoms with E-state index in [1.165, 1.54) is 11.8 Å². The molecule has 2 fully saturated rings. The minimum atomic E-state index is -1.40. The smallest absolute Gasteiger partial charge is 0.273 e. The van der Waals surface area contributed by atoms with E-state index in [1.54, 1.807) is 11.0 Å². The van der Waals surface area contributed by atoms with E-state index >= 15 is 0 Å². The Kier molecular flexibility index (Phi) is 4.93. The SMILES string of the molecule is CC(=O)N1CC2CC(/C=C/C3=C[NH+](CC(N)=O)c4ccccc4C3)=C(C(=O)[O-])N3C(=O)C1[C@@H]23. The Bertz CT molecular complexity index is 1180. The van der Waals surface area contributed by atoms with Crippen molar-refractivity contribution in [2.24, 2.45) is 11.7 Å². The van der Waals surface area contributed by atoms with Crippen LogP contribution in [-0.4, -0.2) is 58.7 Å². The lowest BCUT2D eigenvalue weighted by molar-refractivity contribution is -0.767. The monoisotopic (exact) mass is 448 g/mol. The molecule has 1 aromatic rings. The molecule has 0 radical (unpaired) electrons. The molecule has 33 heavy (non-hydrogen) atoms. The highest BCUT2D eigenvalue weighted by Gasteiger charge is 2.62. The van der Waals surface area contributed by atoms with E-state index in [9.17, 15) is 24.3 Å². The maximum absolute atomic E-state index is 12.7. The van der Waals surface area contributed by atoms with E-state index in [2.05, 4.69) is 0 Å². The summed E-state index contributed by atoms with van der Waals surface area (Å²) in [5, 5.41) is 12.0. The maximum atomic E-state index is 12.7. The van der Waals surface area contributed by atoms with Gasteiger partial charge in [-0.05, 0) is 18.1 Å². The molecule has 0 spiro atoms. The highest BCUT2D eigenvalue weighted by Crippen LogP contribution is 2.47. The molecule has 9 nitrogen and oxygen atoms in total. The van der Waals surface area contributed by atoms with Gasteiger partial charge in [0.05, 0.1) is 17.7 Å². The number of aliphatic carboxylic acids is 1. The van der Waals surface area contributed by atoms with Crippen LogP contribution in [0, 0.1) is 5.92 Å². The number of para-hydroxylation sites is 1. The first-order valence-electron chi connectivity index (χ1n) is 10.9. The van der Waals surface area contributed by atoms with Crippen molar-refractivity contribution in [2.75, 3.05) is 13.1 Å². The van der Waals surface area contributed by atoms with Gasteiger partial charge >= 0.3 is 0 Å². The number of carboxylic acid groups (broad SMARTS) is 1. The van der Waals surface area contributed by atoms with Crippen molar-refractivity contribution in [1.29, 1.82) is 0 Å². The van der Waals surface area contributed by atoms with E-state index in [0.717, 1.165) is 21.7 Å². The number of nitrogens with two attached hydrogens (primary N) is 1. The second-order valence-corrected chi connectivity index (χ2v) is 9.00. The third-order valence-electron chi connectivity index (χ3n) is 6.97. The molecule has 0 aliphatic carbocycles. The third-order valence-corrected chi connectivity index (χ3v) is 6.97. The summed E-state index contributed by atoms with van der Waals surface area (Å²) in [6.07, 6.45) is 6.52. The Morgan fingerprint density at radius 1 is 1.24 bits per heavy atom. The molecule has 0 aromatic heterocycles. The second-order valence-electron chi connectivity index (χ2n) is 9.00. The average molecular weight is 448 g/mol. The third kappa shape index (κ3) is 3.36. The summed E-state index contributed by atoms with van der Waals surface area (Å²) in [4.78, 5) is 51.9. The van der Waals surface area contributed by atoms with E-state index in [4.69, 9.17) is 5.73 Å². The van der Waals surface area contributed by atoms with Crippen molar-refractivity contribution in [2.45, 2.75) is 31.8 Å². The number of benzene rings is 1. The number of carbonyl (C=O) groups is 4. The molecule has 3 unspecified atom stereocenters. The highest BCUT2D eigenvalue weighted by molar-refractivity contribution is 6.02. The molecule has 2 saturated heterocycles. The second kappa shape index (κ2) is 7.70. The lowest BCUT2D eigenvalue weighted by Gasteiger charge is -2.51. The van der Waals surface area contributed by atoms with Crippen LogP contribution in [0.25, 0.3) is 0 Å². The fourth-order valence-corrected chi connectivity index (χ4v) is 5.64. The van der Waals surface area contributed by atoms with Gasteiger partial charge in [-0.2, -0.15) is 0 Å². The van der Waals surface area contributed by atoms with Crippen molar-refractivity contribution in [3.05, 3.63) is 65.0 Å². The molecule has 3 amide bonds. The van der Waals surface area contributed by atoms with Crippen LogP contribution in [0.5, 0.6) is 0 Å². The highest BCUT2D eigenvalue weighted by atomic mass is 16.4. The standard InChI is InChI=1S/C24H24N4O5/c1-13(29)27-11-17-9-16(21(24(32)33)28-20(17)22(27)23(28)31)7-6-14-8-15-4-2-3-5-18(15)26(10-14)12-19(25)30/h2-7,10,17,20,22H,8-9,11-12H2,1H3,(H2,25,30)(H,32,33)/b7-6+/t17?,20-,22?/m1/s1.